The summed E-state index contributed by atoms with van der Waals surface area (Å²) in [5.74, 6) is 1.60. The van der Waals surface area contributed by atoms with Crippen molar-refractivity contribution in [1.82, 2.24) is 19.5 Å². The molecule has 0 saturated carbocycles. The van der Waals surface area contributed by atoms with Gasteiger partial charge >= 0.3 is 0 Å². The molecule has 0 N–H and O–H groups in total. The molecule has 0 radical (unpaired) electrons. The van der Waals surface area contributed by atoms with E-state index in [1.165, 1.54) is 0 Å². The number of carbonyl (C=O) groups excluding carboxylic acids is 1. The maximum Gasteiger partial charge on any atom is 0.222 e. The van der Waals surface area contributed by atoms with Gasteiger partial charge in [-0.1, -0.05) is 6.92 Å². The van der Waals surface area contributed by atoms with Crippen LogP contribution in [0.5, 0.6) is 0 Å². The minimum Gasteiger partial charge on any atom is -0.361 e. The third-order valence-electron chi connectivity index (χ3n) is 4.38. The SMILES string of the molecule is CCC(=O)N1CCC(c2cn3nccc3c(N(C)C)n2)CC1. The van der Waals surface area contributed by atoms with Gasteiger partial charge in [0.2, 0.25) is 5.91 Å². The van der Waals surface area contributed by atoms with Gasteiger partial charge in [-0.15, -0.1) is 0 Å². The topological polar surface area (TPSA) is 53.7 Å². The van der Waals surface area contributed by atoms with Gasteiger partial charge in [0.25, 0.3) is 0 Å². The number of hydrogen-bond acceptors (Lipinski definition) is 4. The first-order chi connectivity index (χ1) is 10.6. The lowest BCUT2D eigenvalue weighted by Gasteiger charge is -2.32. The van der Waals surface area contributed by atoms with Crippen molar-refractivity contribution in [2.24, 2.45) is 0 Å². The Morgan fingerprint density at radius 2 is 2.09 bits per heavy atom. The molecule has 1 aliphatic rings. The highest BCUT2D eigenvalue weighted by Crippen LogP contribution is 2.29. The molecule has 22 heavy (non-hydrogen) atoms. The lowest BCUT2D eigenvalue weighted by atomic mass is 9.93. The molecule has 0 bridgehead atoms. The van der Waals surface area contributed by atoms with Crippen molar-refractivity contribution in [2.75, 3.05) is 32.1 Å². The second-order valence-electron chi connectivity index (χ2n) is 6.05. The Morgan fingerprint density at radius 1 is 1.36 bits per heavy atom. The van der Waals surface area contributed by atoms with E-state index in [9.17, 15) is 4.79 Å². The predicted octanol–water partition coefficient (Wildman–Crippen LogP) is 1.91. The molecular formula is C16H23N5O. The summed E-state index contributed by atoms with van der Waals surface area (Å²) in [7, 11) is 4.00. The summed E-state index contributed by atoms with van der Waals surface area (Å²) in [4.78, 5) is 20.6. The Kier molecular flexibility index (Phi) is 4.00. The van der Waals surface area contributed by atoms with E-state index in [1.54, 1.807) is 6.20 Å². The fourth-order valence-corrected chi connectivity index (χ4v) is 3.10. The third-order valence-corrected chi connectivity index (χ3v) is 4.38. The number of piperidine rings is 1. The first kappa shape index (κ1) is 14.8. The smallest absolute Gasteiger partial charge is 0.222 e. The molecule has 0 spiro atoms. The van der Waals surface area contributed by atoms with Crippen molar-refractivity contribution in [3.63, 3.8) is 0 Å². The number of likely N-dealkylation sites (tertiary alicyclic amines) is 1. The number of nitrogens with zero attached hydrogens (tertiary/aromatic N) is 5. The van der Waals surface area contributed by atoms with E-state index in [-0.39, 0.29) is 5.91 Å². The minimum atomic E-state index is 0.253. The number of hydrogen-bond donors (Lipinski definition) is 0. The van der Waals surface area contributed by atoms with E-state index in [0.717, 1.165) is 43.0 Å². The summed E-state index contributed by atoms with van der Waals surface area (Å²) in [5.41, 5.74) is 2.09. The number of fused-ring (bicyclic) bond motifs is 1. The van der Waals surface area contributed by atoms with Gasteiger partial charge in [0.15, 0.2) is 5.82 Å². The van der Waals surface area contributed by atoms with E-state index in [1.807, 2.05) is 47.6 Å². The Labute approximate surface area is 130 Å². The number of anilines is 1. The fraction of sp³-hybridized carbons (Fsp3) is 0.562. The number of carbonyl (C=O) groups is 1. The molecule has 6 heteroatoms. The van der Waals surface area contributed by atoms with Gasteiger partial charge < -0.3 is 9.80 Å². The van der Waals surface area contributed by atoms with E-state index in [2.05, 4.69) is 5.10 Å². The summed E-state index contributed by atoms with van der Waals surface area (Å²) in [6, 6.07) is 1.98. The number of rotatable bonds is 3. The van der Waals surface area contributed by atoms with Crippen LogP contribution in [0, 0.1) is 0 Å². The van der Waals surface area contributed by atoms with E-state index < -0.39 is 0 Å². The Hall–Kier alpha value is -2.11. The summed E-state index contributed by atoms with van der Waals surface area (Å²) in [6.45, 7) is 3.58. The van der Waals surface area contributed by atoms with Crippen LogP contribution in [-0.2, 0) is 4.79 Å². The van der Waals surface area contributed by atoms with Gasteiger partial charge in [-0.25, -0.2) is 9.50 Å². The van der Waals surface area contributed by atoms with Gasteiger partial charge in [-0.05, 0) is 18.9 Å². The quantitative estimate of drug-likeness (QED) is 0.869. The Balaban J connectivity index is 1.84. The van der Waals surface area contributed by atoms with Gasteiger partial charge in [0, 0.05) is 39.5 Å². The average Bonchev–Trinajstić information content (AvgIpc) is 3.01. The molecule has 2 aromatic rings. The number of aromatic nitrogens is 3. The molecule has 1 fully saturated rings. The van der Waals surface area contributed by atoms with Crippen molar-refractivity contribution >= 4 is 17.2 Å². The lowest BCUT2D eigenvalue weighted by molar-refractivity contribution is -0.131. The monoisotopic (exact) mass is 301 g/mol. The molecular weight excluding hydrogens is 278 g/mol. The Bertz CT molecular complexity index is 670. The highest BCUT2D eigenvalue weighted by Gasteiger charge is 2.25. The minimum absolute atomic E-state index is 0.253. The molecule has 3 heterocycles. The zero-order valence-corrected chi connectivity index (χ0v) is 13.5. The maximum atomic E-state index is 11.8. The van der Waals surface area contributed by atoms with Crippen LogP contribution in [0.1, 0.15) is 37.8 Å². The molecule has 0 unspecified atom stereocenters. The van der Waals surface area contributed by atoms with Gasteiger partial charge in [0.05, 0.1) is 18.1 Å². The molecule has 118 valence electrons. The first-order valence-corrected chi connectivity index (χ1v) is 7.89. The van der Waals surface area contributed by atoms with Crippen molar-refractivity contribution in [2.45, 2.75) is 32.1 Å². The van der Waals surface area contributed by atoms with Crippen molar-refractivity contribution < 1.29 is 4.79 Å². The molecule has 0 atom stereocenters. The normalized spacial score (nSPS) is 16.2. The third kappa shape index (κ3) is 2.65. The summed E-state index contributed by atoms with van der Waals surface area (Å²) in [6.07, 6.45) is 6.37. The highest BCUT2D eigenvalue weighted by molar-refractivity contribution is 5.75. The van der Waals surface area contributed by atoms with E-state index in [0.29, 0.717) is 12.3 Å². The molecule has 1 saturated heterocycles. The second kappa shape index (κ2) is 5.94. The molecule has 1 amide bonds. The zero-order chi connectivity index (χ0) is 15.7. The molecule has 0 aromatic carbocycles. The molecule has 0 aliphatic carbocycles. The molecule has 6 nitrogen and oxygen atoms in total. The van der Waals surface area contributed by atoms with Crippen molar-refractivity contribution in [3.8, 4) is 0 Å². The van der Waals surface area contributed by atoms with Crippen molar-refractivity contribution in [3.05, 3.63) is 24.2 Å². The summed E-state index contributed by atoms with van der Waals surface area (Å²) < 4.78 is 1.90. The lowest BCUT2D eigenvalue weighted by Crippen LogP contribution is -2.37. The van der Waals surface area contributed by atoms with Crippen LogP contribution in [0.3, 0.4) is 0 Å². The maximum absolute atomic E-state index is 11.8. The van der Waals surface area contributed by atoms with Crippen LogP contribution in [0.15, 0.2) is 18.5 Å². The van der Waals surface area contributed by atoms with Gasteiger partial charge in [-0.2, -0.15) is 5.10 Å². The van der Waals surface area contributed by atoms with Crippen LogP contribution >= 0.6 is 0 Å². The number of amides is 1. The zero-order valence-electron chi connectivity index (χ0n) is 13.5. The molecule has 3 rings (SSSR count). The first-order valence-electron chi connectivity index (χ1n) is 7.89. The summed E-state index contributed by atoms with van der Waals surface area (Å²) >= 11 is 0. The average molecular weight is 301 g/mol. The highest BCUT2D eigenvalue weighted by atomic mass is 16.2. The van der Waals surface area contributed by atoms with Gasteiger partial charge in [0.1, 0.15) is 5.52 Å². The van der Waals surface area contributed by atoms with Crippen LogP contribution in [-0.4, -0.2) is 52.6 Å². The summed E-state index contributed by atoms with van der Waals surface area (Å²) in [5, 5.41) is 4.36. The fourth-order valence-electron chi connectivity index (χ4n) is 3.10. The van der Waals surface area contributed by atoms with Crippen molar-refractivity contribution in [1.29, 1.82) is 0 Å². The van der Waals surface area contributed by atoms with E-state index in [4.69, 9.17) is 4.98 Å². The Morgan fingerprint density at radius 3 is 2.73 bits per heavy atom. The van der Waals surface area contributed by atoms with Crippen LogP contribution < -0.4 is 4.90 Å². The predicted molar refractivity (Wildman–Crippen MR) is 86.2 cm³/mol. The standard InChI is InChI=1S/C16H23N5O/c1-4-15(22)20-9-6-12(7-10-20)13-11-21-14(5-8-17-21)16(18-13)19(2)3/h5,8,11-12H,4,6-7,9-10H2,1-3H3. The molecule has 2 aromatic heterocycles. The van der Waals surface area contributed by atoms with Gasteiger partial charge in [-0.3, -0.25) is 4.79 Å². The second-order valence-corrected chi connectivity index (χ2v) is 6.05. The molecule has 1 aliphatic heterocycles. The van der Waals surface area contributed by atoms with Crippen LogP contribution in [0.4, 0.5) is 5.82 Å². The largest absolute Gasteiger partial charge is 0.361 e. The van der Waals surface area contributed by atoms with E-state index >= 15 is 0 Å². The van der Waals surface area contributed by atoms with Crippen LogP contribution in [0.2, 0.25) is 0 Å². The van der Waals surface area contributed by atoms with Crippen LogP contribution in [0.25, 0.3) is 5.52 Å².